The molecule has 0 aromatic carbocycles. The quantitative estimate of drug-likeness (QED) is 0.869. The van der Waals surface area contributed by atoms with E-state index in [4.69, 9.17) is 0 Å². The highest BCUT2D eigenvalue weighted by atomic mass is 15.2. The van der Waals surface area contributed by atoms with Crippen molar-refractivity contribution >= 4 is 0 Å². The zero-order valence-corrected chi connectivity index (χ0v) is 12.0. The third-order valence-electron chi connectivity index (χ3n) is 3.85. The molecular weight excluding hydrogens is 222 g/mol. The molecule has 2 atom stereocenters. The smallest absolute Gasteiger partial charge is 0.0312 e. The monoisotopic (exact) mass is 247 g/mol. The summed E-state index contributed by atoms with van der Waals surface area (Å²) in [7, 11) is 0. The van der Waals surface area contributed by atoms with E-state index >= 15 is 0 Å². The van der Waals surface area contributed by atoms with E-state index in [2.05, 4.69) is 49.0 Å². The summed E-state index contributed by atoms with van der Waals surface area (Å²) < 4.78 is 0. The van der Waals surface area contributed by atoms with Crippen LogP contribution in [-0.2, 0) is 6.54 Å². The van der Waals surface area contributed by atoms with E-state index in [1.54, 1.807) is 0 Å². The first-order valence-corrected chi connectivity index (χ1v) is 6.83. The number of hydrogen-bond acceptors (Lipinski definition) is 3. The average Bonchev–Trinajstić information content (AvgIpc) is 2.32. The third-order valence-corrected chi connectivity index (χ3v) is 3.85. The highest BCUT2D eigenvalue weighted by Crippen LogP contribution is 2.24. The zero-order valence-electron chi connectivity index (χ0n) is 12.0. The normalized spacial score (nSPS) is 26.2. The lowest BCUT2D eigenvalue weighted by molar-refractivity contribution is 0.0876. The molecule has 1 saturated heterocycles. The molecule has 0 spiro atoms. The van der Waals surface area contributed by atoms with Crippen molar-refractivity contribution in [3.63, 3.8) is 0 Å². The Labute approximate surface area is 111 Å². The van der Waals surface area contributed by atoms with Crippen molar-refractivity contribution in [1.29, 1.82) is 0 Å². The van der Waals surface area contributed by atoms with E-state index in [0.29, 0.717) is 17.5 Å². The number of nitrogens with one attached hydrogen (secondary N) is 1. The van der Waals surface area contributed by atoms with Gasteiger partial charge in [0.25, 0.3) is 0 Å². The van der Waals surface area contributed by atoms with Gasteiger partial charge >= 0.3 is 0 Å². The van der Waals surface area contributed by atoms with Crippen molar-refractivity contribution in [2.24, 2.45) is 5.41 Å². The van der Waals surface area contributed by atoms with E-state index in [-0.39, 0.29) is 0 Å². The van der Waals surface area contributed by atoms with Crippen LogP contribution in [0.25, 0.3) is 0 Å². The molecule has 0 saturated carbocycles. The molecule has 1 N–H and O–H groups in total. The lowest BCUT2D eigenvalue weighted by atomic mass is 9.84. The molecule has 2 heterocycles. The van der Waals surface area contributed by atoms with Crippen molar-refractivity contribution in [1.82, 2.24) is 15.2 Å². The fourth-order valence-electron chi connectivity index (χ4n) is 2.45. The largest absolute Gasteiger partial charge is 0.311 e. The van der Waals surface area contributed by atoms with Gasteiger partial charge in [-0.2, -0.15) is 0 Å². The number of hydrogen-bond donors (Lipinski definition) is 1. The average molecular weight is 247 g/mol. The lowest BCUT2D eigenvalue weighted by Crippen LogP contribution is -2.59. The Bertz CT molecular complexity index is 369. The maximum absolute atomic E-state index is 4.20. The predicted molar refractivity (Wildman–Crippen MR) is 75.4 cm³/mol. The zero-order chi connectivity index (χ0) is 13.2. The Hall–Kier alpha value is -0.930. The molecule has 0 radical (unpaired) electrons. The second kappa shape index (κ2) is 5.37. The van der Waals surface area contributed by atoms with Gasteiger partial charge in [0.05, 0.1) is 0 Å². The van der Waals surface area contributed by atoms with Gasteiger partial charge in [0, 0.05) is 44.1 Å². The highest BCUT2D eigenvalue weighted by molar-refractivity contribution is 5.09. The first-order valence-electron chi connectivity index (χ1n) is 6.83. The molecule has 1 aromatic heterocycles. The van der Waals surface area contributed by atoms with Crippen LogP contribution in [0.2, 0.25) is 0 Å². The second-order valence-electron chi connectivity index (χ2n) is 6.47. The minimum Gasteiger partial charge on any atom is -0.311 e. The highest BCUT2D eigenvalue weighted by Gasteiger charge is 2.32. The van der Waals surface area contributed by atoms with E-state index in [0.717, 1.165) is 19.6 Å². The van der Waals surface area contributed by atoms with Gasteiger partial charge in [0.15, 0.2) is 0 Å². The van der Waals surface area contributed by atoms with Crippen LogP contribution in [0.1, 0.15) is 33.3 Å². The maximum Gasteiger partial charge on any atom is 0.0312 e. The minimum atomic E-state index is 0.313. The van der Waals surface area contributed by atoms with Gasteiger partial charge in [-0.25, -0.2) is 0 Å². The Kier molecular flexibility index (Phi) is 4.03. The van der Waals surface area contributed by atoms with Crippen molar-refractivity contribution in [2.45, 2.75) is 46.3 Å². The minimum absolute atomic E-state index is 0.313. The summed E-state index contributed by atoms with van der Waals surface area (Å²) in [5, 5.41) is 3.67. The summed E-state index contributed by atoms with van der Waals surface area (Å²) in [5.74, 6) is 0. The first-order chi connectivity index (χ1) is 8.47. The molecule has 2 rings (SSSR count). The number of rotatable bonds is 2. The molecule has 2 unspecified atom stereocenters. The van der Waals surface area contributed by atoms with Crippen LogP contribution in [0.5, 0.6) is 0 Å². The molecule has 1 fully saturated rings. The SMILES string of the molecule is CC1CNC(C(C)(C)C)CN1Cc1cccnc1. The molecular formula is C15H25N3. The topological polar surface area (TPSA) is 28.2 Å². The predicted octanol–water partition coefficient (Wildman–Crippen LogP) is 2.29. The van der Waals surface area contributed by atoms with Gasteiger partial charge < -0.3 is 5.32 Å². The van der Waals surface area contributed by atoms with Gasteiger partial charge in [0.1, 0.15) is 0 Å². The molecule has 100 valence electrons. The third kappa shape index (κ3) is 3.30. The van der Waals surface area contributed by atoms with Crippen molar-refractivity contribution in [3.8, 4) is 0 Å². The van der Waals surface area contributed by atoms with Crippen LogP contribution in [0.4, 0.5) is 0 Å². The molecule has 18 heavy (non-hydrogen) atoms. The van der Waals surface area contributed by atoms with E-state index < -0.39 is 0 Å². The van der Waals surface area contributed by atoms with Crippen LogP contribution < -0.4 is 5.32 Å². The van der Waals surface area contributed by atoms with E-state index in [9.17, 15) is 0 Å². The van der Waals surface area contributed by atoms with Gasteiger partial charge in [0.2, 0.25) is 0 Å². The lowest BCUT2D eigenvalue weighted by Gasteiger charge is -2.44. The van der Waals surface area contributed by atoms with E-state index in [1.807, 2.05) is 18.5 Å². The fraction of sp³-hybridized carbons (Fsp3) is 0.667. The van der Waals surface area contributed by atoms with Crippen LogP contribution in [-0.4, -0.2) is 35.1 Å². The molecule has 3 nitrogen and oxygen atoms in total. The van der Waals surface area contributed by atoms with Gasteiger partial charge in [-0.1, -0.05) is 26.8 Å². The summed E-state index contributed by atoms with van der Waals surface area (Å²) in [6.07, 6.45) is 3.81. The van der Waals surface area contributed by atoms with E-state index in [1.165, 1.54) is 5.56 Å². The molecule has 1 aliphatic heterocycles. The number of pyridine rings is 1. The van der Waals surface area contributed by atoms with Gasteiger partial charge in [-0.3, -0.25) is 9.88 Å². The first kappa shape index (κ1) is 13.5. The molecule has 1 aromatic rings. The van der Waals surface area contributed by atoms with Crippen LogP contribution in [0, 0.1) is 5.41 Å². The number of piperazine rings is 1. The summed E-state index contributed by atoms with van der Waals surface area (Å²) in [6, 6.07) is 5.33. The molecule has 0 bridgehead atoms. The number of aromatic nitrogens is 1. The second-order valence-corrected chi connectivity index (χ2v) is 6.47. The summed E-state index contributed by atoms with van der Waals surface area (Å²) in [5.41, 5.74) is 1.62. The molecule has 0 amide bonds. The Balaban J connectivity index is 2.02. The van der Waals surface area contributed by atoms with Crippen molar-refractivity contribution < 1.29 is 0 Å². The van der Waals surface area contributed by atoms with Gasteiger partial charge in [-0.05, 0) is 24.0 Å². The Morgan fingerprint density at radius 2 is 2.22 bits per heavy atom. The summed E-state index contributed by atoms with van der Waals surface area (Å²) >= 11 is 0. The molecule has 0 aliphatic carbocycles. The summed E-state index contributed by atoms with van der Waals surface area (Å²) in [6.45, 7) is 12.4. The standard InChI is InChI=1S/C15H25N3/c1-12-8-17-14(15(2,3)4)11-18(12)10-13-6-5-7-16-9-13/h5-7,9,12,14,17H,8,10-11H2,1-4H3. The van der Waals surface area contributed by atoms with Crippen molar-refractivity contribution in [2.75, 3.05) is 13.1 Å². The van der Waals surface area contributed by atoms with Gasteiger partial charge in [-0.15, -0.1) is 0 Å². The fourth-order valence-corrected chi connectivity index (χ4v) is 2.45. The van der Waals surface area contributed by atoms with Crippen LogP contribution in [0.3, 0.4) is 0 Å². The van der Waals surface area contributed by atoms with Crippen LogP contribution in [0.15, 0.2) is 24.5 Å². The van der Waals surface area contributed by atoms with Crippen molar-refractivity contribution in [3.05, 3.63) is 30.1 Å². The number of nitrogens with zero attached hydrogens (tertiary/aromatic N) is 2. The Morgan fingerprint density at radius 1 is 1.44 bits per heavy atom. The molecule has 3 heteroatoms. The molecule has 1 aliphatic rings. The van der Waals surface area contributed by atoms with Crippen LogP contribution >= 0.6 is 0 Å². The maximum atomic E-state index is 4.20. The Morgan fingerprint density at radius 3 is 2.83 bits per heavy atom. The summed E-state index contributed by atoms with van der Waals surface area (Å²) in [4.78, 5) is 6.76.